The van der Waals surface area contributed by atoms with E-state index < -0.39 is 6.10 Å². The second-order valence-electron chi connectivity index (χ2n) is 8.77. The van der Waals surface area contributed by atoms with Crippen molar-refractivity contribution in [1.82, 2.24) is 14.8 Å². The quantitative estimate of drug-likeness (QED) is 0.420. The number of aryl methyl sites for hydroxylation is 1. The maximum absolute atomic E-state index is 6.72. The highest BCUT2D eigenvalue weighted by atomic mass is 16.5. The minimum Gasteiger partial charge on any atom is -0.497 e. The van der Waals surface area contributed by atoms with Crippen LogP contribution in [-0.2, 0) is 0 Å². The summed E-state index contributed by atoms with van der Waals surface area (Å²) in [6, 6.07) is 19.9. The van der Waals surface area contributed by atoms with E-state index in [0.29, 0.717) is 17.4 Å². The van der Waals surface area contributed by atoms with Crippen LogP contribution in [0.5, 0.6) is 23.0 Å². The number of methoxy groups -OCH3 is 3. The Labute approximate surface area is 209 Å². The highest BCUT2D eigenvalue weighted by Crippen LogP contribution is 2.51. The van der Waals surface area contributed by atoms with E-state index in [1.54, 1.807) is 27.7 Å². The predicted octanol–water partition coefficient (Wildman–Crippen LogP) is 5.17. The Morgan fingerprint density at radius 1 is 0.861 bits per heavy atom. The topological polar surface area (TPSA) is 79.7 Å². The normalized spacial score (nSPS) is 17.8. The molecule has 0 radical (unpaired) electrons. The maximum Gasteiger partial charge on any atom is 0.226 e. The monoisotopic (exact) mass is 482 g/mol. The Morgan fingerprint density at radius 3 is 2.39 bits per heavy atom. The van der Waals surface area contributed by atoms with E-state index in [-0.39, 0.29) is 6.04 Å². The van der Waals surface area contributed by atoms with Crippen LogP contribution < -0.4 is 24.3 Å². The summed E-state index contributed by atoms with van der Waals surface area (Å²) in [6.07, 6.45) is 1.16. The van der Waals surface area contributed by atoms with Gasteiger partial charge in [0.1, 0.15) is 30.0 Å². The third kappa shape index (κ3) is 3.45. The molecule has 4 aromatic rings. The van der Waals surface area contributed by atoms with Crippen molar-refractivity contribution in [2.75, 3.05) is 26.6 Å². The average molecular weight is 483 g/mol. The fourth-order valence-electron chi connectivity index (χ4n) is 4.98. The standard InChI is InChI=1S/C28H26N4O4/c1-16-5-11-21-20(13-16)25-24(27(36-21)18-8-12-22(34-3)23(14-18)35-4)26(32-28(31-25)29-15-30-32)17-6-9-19(33-2)10-7-17/h5-15,26-27H,1-4H3,(H,29,30,31)/t26-,27+/m1/s1. The van der Waals surface area contributed by atoms with Crippen LogP contribution in [0, 0.1) is 6.92 Å². The number of ether oxygens (including phenoxy) is 4. The number of hydrogen-bond donors (Lipinski definition) is 1. The van der Waals surface area contributed by atoms with E-state index >= 15 is 0 Å². The summed E-state index contributed by atoms with van der Waals surface area (Å²) in [5.74, 6) is 3.57. The van der Waals surface area contributed by atoms with Crippen molar-refractivity contribution in [2.45, 2.75) is 19.1 Å². The number of benzene rings is 3. The van der Waals surface area contributed by atoms with Crippen LogP contribution in [0.25, 0.3) is 5.70 Å². The molecule has 0 amide bonds. The van der Waals surface area contributed by atoms with Crippen molar-refractivity contribution in [3.63, 3.8) is 0 Å². The molecule has 2 atom stereocenters. The van der Waals surface area contributed by atoms with Gasteiger partial charge in [0.25, 0.3) is 0 Å². The number of aromatic nitrogens is 3. The largest absolute Gasteiger partial charge is 0.497 e. The van der Waals surface area contributed by atoms with E-state index in [9.17, 15) is 0 Å². The van der Waals surface area contributed by atoms with Gasteiger partial charge in [0.15, 0.2) is 11.5 Å². The average Bonchev–Trinajstić information content (AvgIpc) is 3.39. The minimum atomic E-state index is -0.410. The van der Waals surface area contributed by atoms with Gasteiger partial charge in [-0.2, -0.15) is 10.1 Å². The van der Waals surface area contributed by atoms with Crippen LogP contribution in [0.4, 0.5) is 5.95 Å². The molecule has 36 heavy (non-hydrogen) atoms. The zero-order valence-corrected chi connectivity index (χ0v) is 20.5. The molecule has 8 heteroatoms. The molecule has 0 fully saturated rings. The Kier molecular flexibility index (Phi) is 5.29. The zero-order chi connectivity index (χ0) is 24.8. The van der Waals surface area contributed by atoms with Crippen LogP contribution >= 0.6 is 0 Å². The van der Waals surface area contributed by atoms with Crippen molar-refractivity contribution >= 4 is 11.6 Å². The van der Waals surface area contributed by atoms with Gasteiger partial charge in [0.05, 0.1) is 27.0 Å². The molecule has 6 rings (SSSR count). The van der Waals surface area contributed by atoms with Crippen molar-refractivity contribution in [3.8, 4) is 23.0 Å². The van der Waals surface area contributed by atoms with Crippen molar-refractivity contribution in [1.29, 1.82) is 0 Å². The molecular formula is C28H26N4O4. The van der Waals surface area contributed by atoms with Crippen LogP contribution in [0.1, 0.15) is 34.4 Å². The van der Waals surface area contributed by atoms with Crippen molar-refractivity contribution in [3.05, 3.63) is 94.8 Å². The van der Waals surface area contributed by atoms with Gasteiger partial charge in [0, 0.05) is 16.7 Å². The first-order chi connectivity index (χ1) is 17.6. The van der Waals surface area contributed by atoms with Crippen molar-refractivity contribution < 1.29 is 18.9 Å². The number of nitrogens with zero attached hydrogens (tertiary/aromatic N) is 3. The van der Waals surface area contributed by atoms with E-state index in [0.717, 1.165) is 45.0 Å². The fraction of sp³-hybridized carbons (Fsp3) is 0.214. The molecule has 8 nitrogen and oxygen atoms in total. The lowest BCUT2D eigenvalue weighted by Crippen LogP contribution is -2.32. The summed E-state index contributed by atoms with van der Waals surface area (Å²) in [7, 11) is 4.93. The molecule has 2 aliphatic rings. The summed E-state index contributed by atoms with van der Waals surface area (Å²) in [6.45, 7) is 2.08. The van der Waals surface area contributed by atoms with Gasteiger partial charge in [-0.05, 0) is 48.9 Å². The third-order valence-corrected chi connectivity index (χ3v) is 6.71. The second kappa shape index (κ2) is 8.64. The molecular weight excluding hydrogens is 456 g/mol. The molecule has 0 bridgehead atoms. The smallest absolute Gasteiger partial charge is 0.226 e. The molecule has 3 heterocycles. The summed E-state index contributed by atoms with van der Waals surface area (Å²) >= 11 is 0. The summed E-state index contributed by atoms with van der Waals surface area (Å²) < 4.78 is 25.1. The Morgan fingerprint density at radius 2 is 1.64 bits per heavy atom. The molecule has 0 aliphatic carbocycles. The lowest BCUT2D eigenvalue weighted by atomic mass is 9.84. The number of rotatable bonds is 5. The van der Waals surface area contributed by atoms with Crippen LogP contribution in [0.3, 0.4) is 0 Å². The lowest BCUT2D eigenvalue weighted by Gasteiger charge is -2.39. The van der Waals surface area contributed by atoms with Gasteiger partial charge in [-0.15, -0.1) is 0 Å². The second-order valence-corrected chi connectivity index (χ2v) is 8.77. The zero-order valence-electron chi connectivity index (χ0n) is 20.5. The SMILES string of the molecule is COc1ccc([C@@H]2C3=C(Nc4ncnn42)c2cc(C)ccc2O[C@H]3c2ccc(OC)c(OC)c2)cc1. The first kappa shape index (κ1) is 22.0. The van der Waals surface area contributed by atoms with Gasteiger partial charge in [-0.25, -0.2) is 4.68 Å². The van der Waals surface area contributed by atoms with Crippen LogP contribution in [0.15, 0.2) is 72.6 Å². The van der Waals surface area contributed by atoms with Gasteiger partial charge in [0.2, 0.25) is 5.95 Å². The van der Waals surface area contributed by atoms with Gasteiger partial charge in [-0.1, -0.05) is 29.8 Å². The van der Waals surface area contributed by atoms with E-state index in [4.69, 9.17) is 18.9 Å². The van der Waals surface area contributed by atoms with Crippen LogP contribution in [-0.4, -0.2) is 36.1 Å². The Balaban J connectivity index is 1.60. The van der Waals surface area contributed by atoms with E-state index in [1.807, 2.05) is 41.1 Å². The van der Waals surface area contributed by atoms with E-state index in [2.05, 4.69) is 46.6 Å². The number of hydrogen-bond acceptors (Lipinski definition) is 7. The highest BCUT2D eigenvalue weighted by Gasteiger charge is 2.41. The Hall–Kier alpha value is -4.46. The first-order valence-electron chi connectivity index (χ1n) is 11.7. The third-order valence-electron chi connectivity index (χ3n) is 6.71. The number of nitrogens with one attached hydrogen (secondary N) is 1. The molecule has 2 aliphatic heterocycles. The molecule has 1 aromatic heterocycles. The summed E-state index contributed by atoms with van der Waals surface area (Å²) in [5.41, 5.74) is 6.12. The minimum absolute atomic E-state index is 0.253. The first-order valence-corrected chi connectivity index (χ1v) is 11.7. The lowest BCUT2D eigenvalue weighted by molar-refractivity contribution is 0.222. The summed E-state index contributed by atoms with van der Waals surface area (Å²) in [5, 5.41) is 8.13. The number of fused-ring (bicyclic) bond motifs is 3. The fourth-order valence-corrected chi connectivity index (χ4v) is 4.98. The molecule has 0 unspecified atom stereocenters. The molecule has 0 saturated carbocycles. The molecule has 3 aromatic carbocycles. The highest BCUT2D eigenvalue weighted by molar-refractivity contribution is 5.85. The number of anilines is 1. The molecule has 0 spiro atoms. The molecule has 1 N–H and O–H groups in total. The molecule has 182 valence electrons. The van der Waals surface area contributed by atoms with E-state index in [1.165, 1.54) is 0 Å². The van der Waals surface area contributed by atoms with Gasteiger partial charge < -0.3 is 24.3 Å². The predicted molar refractivity (Wildman–Crippen MR) is 136 cm³/mol. The van der Waals surface area contributed by atoms with Crippen molar-refractivity contribution in [2.24, 2.45) is 0 Å². The van der Waals surface area contributed by atoms with Gasteiger partial charge >= 0.3 is 0 Å². The molecule has 0 saturated heterocycles. The Bertz CT molecular complexity index is 1480. The van der Waals surface area contributed by atoms with Gasteiger partial charge in [-0.3, -0.25) is 0 Å². The summed E-state index contributed by atoms with van der Waals surface area (Å²) in [4.78, 5) is 4.50. The van der Waals surface area contributed by atoms with Crippen LogP contribution in [0.2, 0.25) is 0 Å². The maximum atomic E-state index is 6.72.